The number of hydrogen-bond donors (Lipinski definition) is 1. The second-order valence-corrected chi connectivity index (χ2v) is 2.06. The van der Waals surface area contributed by atoms with Crippen molar-refractivity contribution >= 4 is 6.08 Å². The predicted octanol–water partition coefficient (Wildman–Crippen LogP) is 1.93. The molecule has 0 fully saturated rings. The van der Waals surface area contributed by atoms with Gasteiger partial charge in [0.05, 0.1) is 6.07 Å². The molecule has 1 aromatic carbocycles. The summed E-state index contributed by atoms with van der Waals surface area (Å²) in [5.41, 5.74) is 0.826. The average Bonchev–Trinajstić information content (AvgIpc) is 2.01. The number of nitrogens with zero attached hydrogens (tertiary/aromatic N) is 1. The molecule has 0 aliphatic heterocycles. The molecule has 1 aromatic rings. The number of allylic oxidation sites excluding steroid dienone is 1. The molecule has 0 amide bonds. The first-order valence-electron chi connectivity index (χ1n) is 3.18. The molecule has 0 atom stereocenters. The van der Waals surface area contributed by atoms with Gasteiger partial charge in [0.15, 0.2) is 0 Å². The summed E-state index contributed by atoms with van der Waals surface area (Å²) in [5.74, 6) is 0.213. The van der Waals surface area contributed by atoms with E-state index in [1.165, 1.54) is 6.08 Å². The van der Waals surface area contributed by atoms with Crippen LogP contribution in [0.5, 0.6) is 5.75 Å². The molecule has 0 spiro atoms. The molecular weight excluding hydrogens is 138 g/mol. The highest BCUT2D eigenvalue weighted by molar-refractivity contribution is 5.53. The van der Waals surface area contributed by atoms with Crippen molar-refractivity contribution in [3.8, 4) is 11.8 Å². The maximum Gasteiger partial charge on any atom is 0.116 e. The van der Waals surface area contributed by atoms with Gasteiger partial charge in [-0.2, -0.15) is 5.26 Å². The van der Waals surface area contributed by atoms with E-state index < -0.39 is 0 Å². The fourth-order valence-corrected chi connectivity index (χ4v) is 0.762. The molecule has 0 unspecified atom stereocenters. The van der Waals surface area contributed by atoms with Crippen LogP contribution >= 0.6 is 0 Å². The Morgan fingerprint density at radius 2 is 2.27 bits per heavy atom. The third-order valence-electron chi connectivity index (χ3n) is 1.22. The van der Waals surface area contributed by atoms with E-state index in [0.29, 0.717) is 0 Å². The molecule has 0 saturated carbocycles. The highest BCUT2D eigenvalue weighted by Crippen LogP contribution is 2.11. The largest absolute Gasteiger partial charge is 0.508 e. The lowest BCUT2D eigenvalue weighted by Gasteiger charge is -1.91. The van der Waals surface area contributed by atoms with Crippen molar-refractivity contribution in [1.29, 1.82) is 5.26 Å². The van der Waals surface area contributed by atoms with E-state index in [1.54, 1.807) is 24.3 Å². The van der Waals surface area contributed by atoms with Crippen LogP contribution in [0, 0.1) is 11.3 Å². The molecule has 0 bridgehead atoms. The van der Waals surface area contributed by atoms with Gasteiger partial charge in [-0.1, -0.05) is 12.1 Å². The van der Waals surface area contributed by atoms with Gasteiger partial charge in [-0.3, -0.25) is 0 Å². The van der Waals surface area contributed by atoms with Crippen molar-refractivity contribution in [2.45, 2.75) is 0 Å². The minimum Gasteiger partial charge on any atom is -0.508 e. The van der Waals surface area contributed by atoms with Crippen molar-refractivity contribution in [2.24, 2.45) is 0 Å². The summed E-state index contributed by atoms with van der Waals surface area (Å²) in [6, 6.07) is 8.59. The van der Waals surface area contributed by atoms with Crippen molar-refractivity contribution in [1.82, 2.24) is 0 Å². The Labute approximate surface area is 65.0 Å². The zero-order valence-corrected chi connectivity index (χ0v) is 5.86. The maximum absolute atomic E-state index is 9.00. The minimum atomic E-state index is 0.213. The van der Waals surface area contributed by atoms with Gasteiger partial charge in [0.25, 0.3) is 0 Å². The first kappa shape index (κ1) is 7.36. The van der Waals surface area contributed by atoms with Crippen molar-refractivity contribution in [2.75, 3.05) is 0 Å². The lowest BCUT2D eigenvalue weighted by molar-refractivity contribution is 0.475. The molecule has 1 N–H and O–H groups in total. The zero-order valence-electron chi connectivity index (χ0n) is 5.86. The van der Waals surface area contributed by atoms with Gasteiger partial charge in [-0.15, -0.1) is 0 Å². The number of nitriles is 1. The van der Waals surface area contributed by atoms with Crippen LogP contribution in [0.15, 0.2) is 30.3 Å². The molecule has 0 radical (unpaired) electrons. The molecule has 2 heteroatoms. The molecule has 0 saturated heterocycles. The third-order valence-corrected chi connectivity index (χ3v) is 1.22. The Balaban J connectivity index is 2.90. The van der Waals surface area contributed by atoms with Crippen LogP contribution in [0.1, 0.15) is 5.56 Å². The molecule has 0 heterocycles. The first-order chi connectivity index (χ1) is 5.33. The molecular formula is C9H7NO. The summed E-state index contributed by atoms with van der Waals surface area (Å²) < 4.78 is 0. The van der Waals surface area contributed by atoms with Crippen LogP contribution in [0.25, 0.3) is 6.08 Å². The average molecular weight is 145 g/mol. The van der Waals surface area contributed by atoms with E-state index >= 15 is 0 Å². The van der Waals surface area contributed by atoms with E-state index in [9.17, 15) is 0 Å². The van der Waals surface area contributed by atoms with Crippen LogP contribution in [0.2, 0.25) is 0 Å². The van der Waals surface area contributed by atoms with Crippen LogP contribution in [-0.2, 0) is 0 Å². The van der Waals surface area contributed by atoms with Crippen LogP contribution in [-0.4, -0.2) is 5.11 Å². The van der Waals surface area contributed by atoms with Gasteiger partial charge >= 0.3 is 0 Å². The first-order valence-corrected chi connectivity index (χ1v) is 3.18. The van der Waals surface area contributed by atoms with Gasteiger partial charge in [0, 0.05) is 6.08 Å². The van der Waals surface area contributed by atoms with E-state index in [4.69, 9.17) is 10.4 Å². The number of phenols is 1. The molecule has 1 rings (SSSR count). The van der Waals surface area contributed by atoms with Gasteiger partial charge in [0.1, 0.15) is 5.75 Å². The summed E-state index contributed by atoms with van der Waals surface area (Å²) in [6.45, 7) is 0. The lowest BCUT2D eigenvalue weighted by atomic mass is 10.2. The summed E-state index contributed by atoms with van der Waals surface area (Å²) in [5, 5.41) is 17.2. The van der Waals surface area contributed by atoms with Gasteiger partial charge < -0.3 is 5.11 Å². The normalized spacial score (nSPS) is 9.73. The second kappa shape index (κ2) is 3.43. The van der Waals surface area contributed by atoms with Crippen molar-refractivity contribution < 1.29 is 5.11 Å². The van der Waals surface area contributed by atoms with Gasteiger partial charge in [-0.25, -0.2) is 0 Å². The Morgan fingerprint density at radius 1 is 1.45 bits per heavy atom. The molecule has 54 valence electrons. The monoisotopic (exact) mass is 145 g/mol. The van der Waals surface area contributed by atoms with Gasteiger partial charge in [-0.05, 0) is 23.8 Å². The summed E-state index contributed by atoms with van der Waals surface area (Å²) >= 11 is 0. The van der Waals surface area contributed by atoms with E-state index in [0.717, 1.165) is 5.56 Å². The number of rotatable bonds is 1. The lowest BCUT2D eigenvalue weighted by Crippen LogP contribution is -1.69. The highest BCUT2D eigenvalue weighted by Gasteiger charge is 1.87. The molecule has 0 aromatic heterocycles. The topological polar surface area (TPSA) is 44.0 Å². The number of phenolic OH excluding ortho intramolecular Hbond substituents is 1. The molecule has 2 nitrogen and oxygen atoms in total. The number of benzene rings is 1. The minimum absolute atomic E-state index is 0.213. The van der Waals surface area contributed by atoms with Crippen LogP contribution in [0.3, 0.4) is 0 Å². The smallest absolute Gasteiger partial charge is 0.116 e. The van der Waals surface area contributed by atoms with E-state index in [-0.39, 0.29) is 5.75 Å². The van der Waals surface area contributed by atoms with Crippen LogP contribution in [0.4, 0.5) is 0 Å². The standard InChI is InChI=1S/C9H7NO/c10-6-2-4-8-3-1-5-9(11)7-8/h1-5,7,11H/b4-2+. The fraction of sp³-hybridized carbons (Fsp3) is 0. The molecule has 11 heavy (non-hydrogen) atoms. The third kappa shape index (κ3) is 2.15. The van der Waals surface area contributed by atoms with E-state index in [1.807, 2.05) is 12.1 Å². The van der Waals surface area contributed by atoms with Crippen molar-refractivity contribution in [3.63, 3.8) is 0 Å². The SMILES string of the molecule is N#C/C=C/c1cccc(O)c1. The molecule has 0 aliphatic carbocycles. The zero-order chi connectivity index (χ0) is 8.10. The predicted molar refractivity (Wildman–Crippen MR) is 42.8 cm³/mol. The Hall–Kier alpha value is -1.75. The Bertz CT molecular complexity index is 310. The quantitative estimate of drug-likeness (QED) is 0.613. The Kier molecular flexibility index (Phi) is 2.29. The van der Waals surface area contributed by atoms with Crippen molar-refractivity contribution in [3.05, 3.63) is 35.9 Å². The molecule has 0 aliphatic rings. The summed E-state index contributed by atoms with van der Waals surface area (Å²) in [4.78, 5) is 0. The highest BCUT2D eigenvalue weighted by atomic mass is 16.3. The number of aromatic hydroxyl groups is 1. The number of hydrogen-bond acceptors (Lipinski definition) is 2. The van der Waals surface area contributed by atoms with Gasteiger partial charge in [0.2, 0.25) is 0 Å². The second-order valence-electron chi connectivity index (χ2n) is 2.06. The van der Waals surface area contributed by atoms with Crippen LogP contribution < -0.4 is 0 Å². The Morgan fingerprint density at radius 3 is 2.91 bits per heavy atom. The maximum atomic E-state index is 9.00. The summed E-state index contributed by atoms with van der Waals surface area (Å²) in [7, 11) is 0. The van der Waals surface area contributed by atoms with E-state index in [2.05, 4.69) is 0 Å². The fourth-order valence-electron chi connectivity index (χ4n) is 0.762. The summed E-state index contributed by atoms with van der Waals surface area (Å²) in [6.07, 6.45) is 3.01.